The van der Waals surface area contributed by atoms with Crippen LogP contribution in [0.15, 0.2) is 36.4 Å². The zero-order valence-corrected chi connectivity index (χ0v) is 12.1. The van der Waals surface area contributed by atoms with E-state index in [0.717, 1.165) is 24.3 Å². The molecule has 1 aliphatic rings. The van der Waals surface area contributed by atoms with Crippen molar-refractivity contribution in [3.05, 3.63) is 36.4 Å². The fourth-order valence-corrected chi connectivity index (χ4v) is 2.59. The van der Waals surface area contributed by atoms with Crippen molar-refractivity contribution in [3.8, 4) is 11.4 Å². The molecule has 0 radical (unpaired) electrons. The predicted molar refractivity (Wildman–Crippen MR) is 83.9 cm³/mol. The van der Waals surface area contributed by atoms with Crippen molar-refractivity contribution in [1.29, 1.82) is 0 Å². The van der Waals surface area contributed by atoms with Crippen LogP contribution in [0, 0.1) is 5.92 Å². The molecule has 21 heavy (non-hydrogen) atoms. The van der Waals surface area contributed by atoms with E-state index in [2.05, 4.69) is 21.8 Å². The number of aromatic nitrogens is 2. The van der Waals surface area contributed by atoms with Gasteiger partial charge in [0.1, 0.15) is 11.6 Å². The number of piperidine rings is 1. The summed E-state index contributed by atoms with van der Waals surface area (Å²) in [6, 6.07) is 11.6. The third kappa shape index (κ3) is 2.97. The summed E-state index contributed by atoms with van der Waals surface area (Å²) in [5, 5.41) is 10.0. The lowest BCUT2D eigenvalue weighted by atomic mass is 9.96. The van der Waals surface area contributed by atoms with Crippen molar-refractivity contribution in [2.75, 3.05) is 23.7 Å². The Morgan fingerprint density at radius 2 is 2.00 bits per heavy atom. The number of hydrogen-bond donors (Lipinski definition) is 2. The summed E-state index contributed by atoms with van der Waals surface area (Å²) in [7, 11) is 0. The van der Waals surface area contributed by atoms with Crippen LogP contribution < -0.4 is 10.6 Å². The maximum absolute atomic E-state index is 10.0. The monoisotopic (exact) mass is 284 g/mol. The Hall–Kier alpha value is -2.14. The summed E-state index contributed by atoms with van der Waals surface area (Å²) in [4.78, 5) is 11.0. The van der Waals surface area contributed by atoms with Gasteiger partial charge in [-0.15, -0.1) is 0 Å². The van der Waals surface area contributed by atoms with Gasteiger partial charge >= 0.3 is 0 Å². The Kier molecular flexibility index (Phi) is 3.75. The van der Waals surface area contributed by atoms with E-state index in [-0.39, 0.29) is 6.10 Å². The van der Waals surface area contributed by atoms with Crippen LogP contribution in [-0.2, 0) is 0 Å². The molecule has 1 saturated heterocycles. The van der Waals surface area contributed by atoms with Crippen LogP contribution in [0.1, 0.15) is 13.3 Å². The molecule has 1 aromatic heterocycles. The number of hydrogen-bond acceptors (Lipinski definition) is 5. The van der Waals surface area contributed by atoms with Crippen molar-refractivity contribution >= 4 is 11.6 Å². The lowest BCUT2D eigenvalue weighted by Crippen LogP contribution is -2.43. The fraction of sp³-hybridized carbons (Fsp3) is 0.375. The van der Waals surface area contributed by atoms with Gasteiger partial charge in [-0.25, -0.2) is 9.97 Å². The number of β-amino-alcohol motifs (C(OH)–C–C–N with tert-alkyl or cyclic N) is 1. The largest absolute Gasteiger partial charge is 0.391 e. The third-order valence-corrected chi connectivity index (χ3v) is 4.01. The van der Waals surface area contributed by atoms with Gasteiger partial charge in [-0.2, -0.15) is 0 Å². The van der Waals surface area contributed by atoms with Crippen LogP contribution in [0.5, 0.6) is 0 Å². The van der Waals surface area contributed by atoms with Crippen molar-refractivity contribution in [1.82, 2.24) is 9.97 Å². The zero-order valence-electron chi connectivity index (χ0n) is 12.1. The zero-order chi connectivity index (χ0) is 14.8. The number of nitrogens with zero attached hydrogens (tertiary/aromatic N) is 3. The Labute approximate surface area is 124 Å². The van der Waals surface area contributed by atoms with Crippen LogP contribution in [0.25, 0.3) is 11.4 Å². The smallest absolute Gasteiger partial charge is 0.163 e. The molecule has 2 heterocycles. The predicted octanol–water partition coefficient (Wildman–Crippen LogP) is 1.93. The highest BCUT2D eigenvalue weighted by Gasteiger charge is 2.25. The number of aliphatic hydroxyl groups excluding tert-OH is 1. The summed E-state index contributed by atoms with van der Waals surface area (Å²) < 4.78 is 0. The Morgan fingerprint density at radius 1 is 1.24 bits per heavy atom. The quantitative estimate of drug-likeness (QED) is 0.881. The highest BCUT2D eigenvalue weighted by Crippen LogP contribution is 2.25. The van der Waals surface area contributed by atoms with E-state index in [0.29, 0.717) is 24.1 Å². The van der Waals surface area contributed by atoms with E-state index in [1.165, 1.54) is 0 Å². The van der Waals surface area contributed by atoms with Crippen LogP contribution in [0.2, 0.25) is 0 Å². The maximum Gasteiger partial charge on any atom is 0.163 e. The van der Waals surface area contributed by atoms with Gasteiger partial charge in [0.15, 0.2) is 5.82 Å². The standard InChI is InChI=1S/C16H20N4O/c1-11-7-8-20(10-13(11)21)15-9-14(17)18-16(19-15)12-5-3-2-4-6-12/h2-6,9,11,13,21H,7-8,10H2,1H3,(H2,17,18,19). The maximum atomic E-state index is 10.0. The van der Waals surface area contributed by atoms with E-state index < -0.39 is 0 Å². The first kappa shape index (κ1) is 13.8. The van der Waals surface area contributed by atoms with Gasteiger partial charge in [0.05, 0.1) is 6.10 Å². The Balaban J connectivity index is 1.92. The number of anilines is 2. The molecule has 0 saturated carbocycles. The summed E-state index contributed by atoms with van der Waals surface area (Å²) in [6.45, 7) is 3.54. The Morgan fingerprint density at radius 3 is 2.71 bits per heavy atom. The van der Waals surface area contributed by atoms with Gasteiger partial charge in [0.25, 0.3) is 0 Å². The molecule has 5 heteroatoms. The van der Waals surface area contributed by atoms with E-state index >= 15 is 0 Å². The highest BCUT2D eigenvalue weighted by molar-refractivity contribution is 5.60. The summed E-state index contributed by atoms with van der Waals surface area (Å²) in [5.41, 5.74) is 6.87. The summed E-state index contributed by atoms with van der Waals surface area (Å²) in [6.07, 6.45) is 0.626. The van der Waals surface area contributed by atoms with Crippen LogP contribution in [0.3, 0.4) is 0 Å². The number of nitrogen functional groups attached to an aromatic ring is 1. The number of nitrogens with two attached hydrogens (primary N) is 1. The van der Waals surface area contributed by atoms with Gasteiger partial charge in [0.2, 0.25) is 0 Å². The Bertz CT molecular complexity index is 617. The first-order valence-electron chi connectivity index (χ1n) is 7.26. The van der Waals surface area contributed by atoms with Crippen molar-refractivity contribution in [2.24, 2.45) is 5.92 Å². The minimum absolute atomic E-state index is 0.324. The van der Waals surface area contributed by atoms with Gasteiger partial charge in [0, 0.05) is 24.7 Å². The summed E-state index contributed by atoms with van der Waals surface area (Å²) in [5.74, 6) is 2.19. The molecule has 2 atom stereocenters. The van der Waals surface area contributed by atoms with Gasteiger partial charge in [-0.1, -0.05) is 37.3 Å². The number of aliphatic hydroxyl groups is 1. The molecule has 0 amide bonds. The molecule has 0 spiro atoms. The molecule has 3 N–H and O–H groups in total. The van der Waals surface area contributed by atoms with Crippen LogP contribution in [-0.4, -0.2) is 34.3 Å². The number of rotatable bonds is 2. The SMILES string of the molecule is CC1CCN(c2cc(N)nc(-c3ccccc3)n2)CC1O. The lowest BCUT2D eigenvalue weighted by Gasteiger charge is -2.35. The lowest BCUT2D eigenvalue weighted by molar-refractivity contribution is 0.102. The molecule has 3 rings (SSSR count). The first-order chi connectivity index (χ1) is 10.1. The molecule has 2 aromatic rings. The van der Waals surface area contributed by atoms with Gasteiger partial charge < -0.3 is 15.7 Å². The summed E-state index contributed by atoms with van der Waals surface area (Å²) >= 11 is 0. The van der Waals surface area contributed by atoms with Crippen molar-refractivity contribution in [3.63, 3.8) is 0 Å². The van der Waals surface area contributed by atoms with Gasteiger partial charge in [-0.3, -0.25) is 0 Å². The van der Waals surface area contributed by atoms with Crippen molar-refractivity contribution in [2.45, 2.75) is 19.4 Å². The average Bonchev–Trinajstić information content (AvgIpc) is 2.50. The molecule has 5 nitrogen and oxygen atoms in total. The highest BCUT2D eigenvalue weighted by atomic mass is 16.3. The molecule has 1 fully saturated rings. The van der Waals surface area contributed by atoms with Crippen LogP contribution >= 0.6 is 0 Å². The average molecular weight is 284 g/mol. The third-order valence-electron chi connectivity index (χ3n) is 4.01. The molecular weight excluding hydrogens is 264 g/mol. The second-order valence-corrected chi connectivity index (χ2v) is 5.62. The topological polar surface area (TPSA) is 75.3 Å². The first-order valence-corrected chi connectivity index (χ1v) is 7.26. The molecule has 0 aliphatic carbocycles. The molecule has 0 bridgehead atoms. The van der Waals surface area contributed by atoms with E-state index in [1.54, 1.807) is 6.07 Å². The molecule has 1 aromatic carbocycles. The molecular formula is C16H20N4O. The number of benzene rings is 1. The molecule has 1 aliphatic heterocycles. The molecule has 2 unspecified atom stereocenters. The van der Waals surface area contributed by atoms with E-state index in [1.807, 2.05) is 30.3 Å². The minimum atomic E-state index is -0.324. The second-order valence-electron chi connectivity index (χ2n) is 5.62. The van der Waals surface area contributed by atoms with E-state index in [9.17, 15) is 5.11 Å². The fourth-order valence-electron chi connectivity index (χ4n) is 2.59. The minimum Gasteiger partial charge on any atom is -0.391 e. The van der Waals surface area contributed by atoms with Crippen molar-refractivity contribution < 1.29 is 5.11 Å². The van der Waals surface area contributed by atoms with Gasteiger partial charge in [-0.05, 0) is 12.3 Å². The normalized spacial score (nSPS) is 22.3. The molecule has 110 valence electrons. The second kappa shape index (κ2) is 5.69. The van der Waals surface area contributed by atoms with Crippen LogP contribution in [0.4, 0.5) is 11.6 Å². The van der Waals surface area contributed by atoms with E-state index in [4.69, 9.17) is 5.73 Å².